The van der Waals surface area contributed by atoms with Gasteiger partial charge < -0.3 is 9.84 Å². The predicted octanol–water partition coefficient (Wildman–Crippen LogP) is 2.29. The number of thiazole rings is 1. The molecule has 8 nitrogen and oxygen atoms in total. The summed E-state index contributed by atoms with van der Waals surface area (Å²) in [6, 6.07) is 6.93. The molecule has 0 atom stereocenters. The molecule has 0 aliphatic carbocycles. The van der Waals surface area contributed by atoms with E-state index >= 15 is 0 Å². The van der Waals surface area contributed by atoms with Gasteiger partial charge >= 0.3 is 17.6 Å². The number of carboxylic acids is 1. The van der Waals surface area contributed by atoms with Gasteiger partial charge in [0.25, 0.3) is 0 Å². The second-order valence-corrected chi connectivity index (χ2v) is 7.44. The molecule has 1 N–H and O–H groups in total. The van der Waals surface area contributed by atoms with Crippen LogP contribution >= 0.6 is 11.3 Å². The zero-order valence-electron chi connectivity index (χ0n) is 14.4. The van der Waals surface area contributed by atoms with Crippen molar-refractivity contribution in [2.24, 2.45) is 0 Å². The van der Waals surface area contributed by atoms with Gasteiger partial charge in [-0.3, -0.25) is 9.36 Å². The lowest BCUT2D eigenvalue weighted by molar-refractivity contribution is -0.155. The van der Waals surface area contributed by atoms with Crippen molar-refractivity contribution in [1.82, 2.24) is 14.1 Å². The molecule has 0 fully saturated rings. The third-order valence-electron chi connectivity index (χ3n) is 3.45. The number of esters is 1. The van der Waals surface area contributed by atoms with Gasteiger partial charge in [0.2, 0.25) is 0 Å². The summed E-state index contributed by atoms with van der Waals surface area (Å²) in [7, 11) is 0. The molecule has 2 aromatic heterocycles. The smallest absolute Gasteiger partial charge is 0.355 e. The zero-order valence-corrected chi connectivity index (χ0v) is 15.2. The first-order valence-electron chi connectivity index (χ1n) is 7.79. The van der Waals surface area contributed by atoms with E-state index in [1.54, 1.807) is 45.0 Å². The SMILES string of the molecule is CC(C)(C)OC(=O)Cn1c(=O)n(-c2nc(C(=O)O)cs2)c2ccccc21. The zero-order chi connectivity index (χ0) is 19.1. The van der Waals surface area contributed by atoms with Crippen molar-refractivity contribution in [3.8, 4) is 5.13 Å². The third kappa shape index (κ3) is 3.38. The van der Waals surface area contributed by atoms with Crippen LogP contribution in [-0.4, -0.2) is 36.8 Å². The molecule has 26 heavy (non-hydrogen) atoms. The monoisotopic (exact) mass is 375 g/mol. The average Bonchev–Trinajstić information content (AvgIpc) is 3.10. The quantitative estimate of drug-likeness (QED) is 0.702. The molecule has 136 valence electrons. The lowest BCUT2D eigenvalue weighted by atomic mass is 10.2. The normalized spacial score (nSPS) is 11.7. The highest BCUT2D eigenvalue weighted by atomic mass is 32.1. The molecule has 1 aromatic carbocycles. The number of para-hydroxylation sites is 2. The first kappa shape index (κ1) is 17.9. The summed E-state index contributed by atoms with van der Waals surface area (Å²) in [5.74, 6) is -1.70. The van der Waals surface area contributed by atoms with Crippen LogP contribution in [0.4, 0.5) is 0 Å². The van der Waals surface area contributed by atoms with Crippen LogP contribution in [0.3, 0.4) is 0 Å². The Morgan fingerprint density at radius 3 is 2.46 bits per heavy atom. The Labute approximate surface area is 152 Å². The summed E-state index contributed by atoms with van der Waals surface area (Å²) in [5.41, 5.74) is -0.211. The highest BCUT2D eigenvalue weighted by Crippen LogP contribution is 2.21. The van der Waals surface area contributed by atoms with Gasteiger partial charge in [-0.15, -0.1) is 11.3 Å². The van der Waals surface area contributed by atoms with E-state index in [-0.39, 0.29) is 17.4 Å². The van der Waals surface area contributed by atoms with Crippen molar-refractivity contribution in [2.45, 2.75) is 32.9 Å². The van der Waals surface area contributed by atoms with Crippen LogP contribution in [0.15, 0.2) is 34.4 Å². The number of rotatable bonds is 4. The van der Waals surface area contributed by atoms with Crippen LogP contribution < -0.4 is 5.69 Å². The molecule has 3 rings (SSSR count). The van der Waals surface area contributed by atoms with Crippen LogP contribution in [0.1, 0.15) is 31.3 Å². The van der Waals surface area contributed by atoms with E-state index in [0.29, 0.717) is 11.0 Å². The van der Waals surface area contributed by atoms with E-state index in [9.17, 15) is 14.4 Å². The second kappa shape index (κ2) is 6.41. The fraction of sp³-hybridized carbons (Fsp3) is 0.294. The van der Waals surface area contributed by atoms with Gasteiger partial charge in [0.05, 0.1) is 11.0 Å². The topological polar surface area (TPSA) is 103 Å². The maximum absolute atomic E-state index is 12.9. The maximum atomic E-state index is 12.9. The number of carbonyl (C=O) groups is 2. The molecule has 0 spiro atoms. The van der Waals surface area contributed by atoms with Gasteiger partial charge in [-0.2, -0.15) is 0 Å². The second-order valence-electron chi connectivity index (χ2n) is 6.60. The molecule has 2 heterocycles. The molecule has 0 saturated heterocycles. The molecule has 0 aliphatic heterocycles. The fourth-order valence-corrected chi connectivity index (χ4v) is 3.32. The molecule has 0 amide bonds. The molecule has 0 bridgehead atoms. The summed E-state index contributed by atoms with van der Waals surface area (Å²) in [6.45, 7) is 5.00. The number of hydrogen-bond acceptors (Lipinski definition) is 6. The number of aromatic nitrogens is 3. The molecule has 3 aromatic rings. The predicted molar refractivity (Wildman–Crippen MR) is 96.0 cm³/mol. The van der Waals surface area contributed by atoms with Crippen LogP contribution in [-0.2, 0) is 16.1 Å². The lowest BCUT2D eigenvalue weighted by Gasteiger charge is -2.19. The molecule has 9 heteroatoms. The average molecular weight is 375 g/mol. The number of imidazole rings is 1. The molecular weight excluding hydrogens is 358 g/mol. The standard InChI is InChI=1S/C17H17N3O5S/c1-17(2,3)25-13(21)8-19-11-6-4-5-7-12(11)20(16(19)24)15-18-10(9-26-15)14(22)23/h4-7,9H,8H2,1-3H3,(H,22,23). The minimum Gasteiger partial charge on any atom is -0.476 e. The van der Waals surface area contributed by atoms with Crippen molar-refractivity contribution in [2.75, 3.05) is 0 Å². The largest absolute Gasteiger partial charge is 0.476 e. The number of carbonyl (C=O) groups excluding carboxylic acids is 1. The Balaban J connectivity index is 2.11. The van der Waals surface area contributed by atoms with E-state index < -0.39 is 23.2 Å². The number of fused-ring (bicyclic) bond motifs is 1. The molecular formula is C17H17N3O5S. The Bertz CT molecular complexity index is 1050. The van der Waals surface area contributed by atoms with E-state index in [4.69, 9.17) is 9.84 Å². The minimum atomic E-state index is -1.17. The minimum absolute atomic E-state index is 0.138. The van der Waals surface area contributed by atoms with Crippen LogP contribution in [0.2, 0.25) is 0 Å². The number of hydrogen-bond donors (Lipinski definition) is 1. The van der Waals surface area contributed by atoms with Gasteiger partial charge in [-0.1, -0.05) is 12.1 Å². The van der Waals surface area contributed by atoms with Gasteiger partial charge in [-0.25, -0.2) is 19.1 Å². The van der Waals surface area contributed by atoms with Crippen molar-refractivity contribution in [3.63, 3.8) is 0 Å². The van der Waals surface area contributed by atoms with Gasteiger partial charge in [-0.05, 0) is 32.9 Å². The van der Waals surface area contributed by atoms with Crippen LogP contribution in [0.5, 0.6) is 0 Å². The van der Waals surface area contributed by atoms with Crippen molar-refractivity contribution in [3.05, 3.63) is 45.8 Å². The molecule has 0 saturated carbocycles. The van der Waals surface area contributed by atoms with E-state index in [2.05, 4.69) is 4.98 Å². The summed E-state index contributed by atoms with van der Waals surface area (Å²) in [4.78, 5) is 40.2. The molecule has 0 radical (unpaired) electrons. The summed E-state index contributed by atoms with van der Waals surface area (Å²) < 4.78 is 7.90. The third-order valence-corrected chi connectivity index (χ3v) is 4.27. The van der Waals surface area contributed by atoms with E-state index in [1.165, 1.54) is 14.5 Å². The molecule has 0 unspecified atom stereocenters. The summed E-state index contributed by atoms with van der Waals surface area (Å²) >= 11 is 1.04. The number of nitrogens with zero attached hydrogens (tertiary/aromatic N) is 3. The Hall–Kier alpha value is -2.94. The van der Waals surface area contributed by atoms with E-state index in [1.807, 2.05) is 0 Å². The maximum Gasteiger partial charge on any atom is 0.355 e. The number of benzene rings is 1. The van der Waals surface area contributed by atoms with Crippen molar-refractivity contribution in [1.29, 1.82) is 0 Å². The van der Waals surface area contributed by atoms with Crippen LogP contribution in [0, 0.1) is 0 Å². The van der Waals surface area contributed by atoms with E-state index in [0.717, 1.165) is 11.3 Å². The Morgan fingerprint density at radius 1 is 1.23 bits per heavy atom. The lowest BCUT2D eigenvalue weighted by Crippen LogP contribution is -2.31. The summed E-state index contributed by atoms with van der Waals surface area (Å²) in [6.07, 6.45) is 0. The number of aromatic carboxylic acids is 1. The molecule has 0 aliphatic rings. The van der Waals surface area contributed by atoms with Crippen molar-refractivity contribution >= 4 is 34.3 Å². The number of ether oxygens (including phenoxy) is 1. The fourth-order valence-electron chi connectivity index (χ4n) is 2.51. The number of carboxylic acid groups (broad SMARTS) is 1. The highest BCUT2D eigenvalue weighted by molar-refractivity contribution is 7.12. The Morgan fingerprint density at radius 2 is 1.88 bits per heavy atom. The van der Waals surface area contributed by atoms with Crippen LogP contribution in [0.25, 0.3) is 16.2 Å². The van der Waals surface area contributed by atoms with Gasteiger partial charge in [0.1, 0.15) is 12.1 Å². The van der Waals surface area contributed by atoms with Gasteiger partial charge in [0.15, 0.2) is 10.8 Å². The Kier molecular flexibility index (Phi) is 4.41. The first-order valence-corrected chi connectivity index (χ1v) is 8.66. The van der Waals surface area contributed by atoms with Gasteiger partial charge in [0, 0.05) is 5.38 Å². The first-order chi connectivity index (χ1) is 12.2. The highest BCUT2D eigenvalue weighted by Gasteiger charge is 2.22. The summed E-state index contributed by atoms with van der Waals surface area (Å²) in [5, 5.41) is 10.6. The van der Waals surface area contributed by atoms with Crippen molar-refractivity contribution < 1.29 is 19.4 Å².